The Morgan fingerprint density at radius 3 is 2.48 bits per heavy atom. The summed E-state index contributed by atoms with van der Waals surface area (Å²) in [5.41, 5.74) is 0.462. The minimum Gasteiger partial charge on any atom is -0.462 e. The molecule has 3 aromatic rings. The Kier molecular flexibility index (Phi) is 5.35. The maximum absolute atomic E-state index is 12.4. The van der Waals surface area contributed by atoms with Crippen molar-refractivity contribution in [3.63, 3.8) is 0 Å². The normalized spacial score (nSPS) is 10.8. The Morgan fingerprint density at radius 1 is 1.07 bits per heavy atom. The lowest BCUT2D eigenvalue weighted by molar-refractivity contribution is 0.0459. The first kappa shape index (κ1) is 18.4. The SMILES string of the molecule is CC(C)COC(=O)c1ccc(NC(=O)c2cc3ccccc3oc2=O)cc1. The van der Waals surface area contributed by atoms with Crippen molar-refractivity contribution < 1.29 is 18.7 Å². The third kappa shape index (κ3) is 4.41. The molecule has 1 N–H and O–H groups in total. The number of ether oxygens (including phenoxy) is 1. The summed E-state index contributed by atoms with van der Waals surface area (Å²) >= 11 is 0. The number of benzene rings is 2. The number of anilines is 1. The average molecular weight is 365 g/mol. The average Bonchev–Trinajstić information content (AvgIpc) is 2.66. The number of hydrogen-bond acceptors (Lipinski definition) is 5. The Hall–Kier alpha value is -3.41. The molecule has 1 aromatic heterocycles. The Labute approximate surface area is 155 Å². The zero-order valence-corrected chi connectivity index (χ0v) is 15.0. The molecule has 0 saturated heterocycles. The molecule has 2 aromatic carbocycles. The summed E-state index contributed by atoms with van der Waals surface area (Å²) in [6.45, 7) is 4.25. The lowest BCUT2D eigenvalue weighted by Crippen LogP contribution is -2.20. The molecule has 0 unspecified atom stereocenters. The lowest BCUT2D eigenvalue weighted by atomic mass is 10.1. The maximum atomic E-state index is 12.4. The number of carbonyl (C=O) groups excluding carboxylic acids is 2. The van der Waals surface area contributed by atoms with Gasteiger partial charge in [-0.2, -0.15) is 0 Å². The molecule has 0 saturated carbocycles. The summed E-state index contributed by atoms with van der Waals surface area (Å²) < 4.78 is 10.3. The van der Waals surface area contributed by atoms with Crippen LogP contribution in [-0.4, -0.2) is 18.5 Å². The molecule has 0 spiro atoms. The van der Waals surface area contributed by atoms with Crippen LogP contribution < -0.4 is 10.9 Å². The lowest BCUT2D eigenvalue weighted by Gasteiger charge is -2.08. The molecule has 0 aliphatic carbocycles. The van der Waals surface area contributed by atoms with Gasteiger partial charge in [-0.25, -0.2) is 9.59 Å². The first-order chi connectivity index (χ1) is 12.9. The monoisotopic (exact) mass is 365 g/mol. The molecule has 1 amide bonds. The van der Waals surface area contributed by atoms with Crippen molar-refractivity contribution in [1.82, 2.24) is 0 Å². The fraction of sp³-hybridized carbons (Fsp3) is 0.190. The minimum absolute atomic E-state index is 0.0888. The van der Waals surface area contributed by atoms with E-state index in [4.69, 9.17) is 9.15 Å². The van der Waals surface area contributed by atoms with Crippen LogP contribution in [-0.2, 0) is 4.74 Å². The van der Waals surface area contributed by atoms with Gasteiger partial charge in [-0.15, -0.1) is 0 Å². The van der Waals surface area contributed by atoms with Gasteiger partial charge in [0.1, 0.15) is 11.1 Å². The fourth-order valence-electron chi connectivity index (χ4n) is 2.43. The second kappa shape index (κ2) is 7.86. The molecule has 0 bridgehead atoms. The molecule has 0 radical (unpaired) electrons. The van der Waals surface area contributed by atoms with Crippen LogP contribution in [0.2, 0.25) is 0 Å². The highest BCUT2D eigenvalue weighted by atomic mass is 16.5. The summed E-state index contributed by atoms with van der Waals surface area (Å²) in [4.78, 5) is 36.4. The van der Waals surface area contributed by atoms with Crippen LogP contribution >= 0.6 is 0 Å². The summed E-state index contributed by atoms with van der Waals surface area (Å²) in [5, 5.41) is 3.29. The van der Waals surface area contributed by atoms with Gasteiger partial charge in [-0.3, -0.25) is 4.79 Å². The fourth-order valence-corrected chi connectivity index (χ4v) is 2.43. The number of nitrogens with one attached hydrogen (secondary N) is 1. The Balaban J connectivity index is 1.74. The molecular weight excluding hydrogens is 346 g/mol. The van der Waals surface area contributed by atoms with Crippen LogP contribution in [0.1, 0.15) is 34.6 Å². The second-order valence-corrected chi connectivity index (χ2v) is 6.51. The third-order valence-electron chi connectivity index (χ3n) is 3.81. The number of carbonyl (C=O) groups is 2. The van der Waals surface area contributed by atoms with Crippen LogP contribution in [0.3, 0.4) is 0 Å². The summed E-state index contributed by atoms with van der Waals surface area (Å²) in [7, 11) is 0. The number of rotatable bonds is 5. The van der Waals surface area contributed by atoms with Crippen LogP contribution in [0.5, 0.6) is 0 Å². The first-order valence-corrected chi connectivity index (χ1v) is 8.55. The van der Waals surface area contributed by atoms with Crippen LogP contribution in [0.25, 0.3) is 11.0 Å². The van der Waals surface area contributed by atoms with Crippen molar-refractivity contribution in [3.8, 4) is 0 Å². The van der Waals surface area contributed by atoms with Gasteiger partial charge < -0.3 is 14.5 Å². The molecule has 0 aliphatic rings. The summed E-state index contributed by atoms with van der Waals surface area (Å²) in [6, 6.07) is 14.7. The van der Waals surface area contributed by atoms with Crippen LogP contribution in [0.15, 0.2) is 63.8 Å². The first-order valence-electron chi connectivity index (χ1n) is 8.55. The standard InChI is InChI=1S/C21H19NO5/c1-13(2)12-26-20(24)14-7-9-16(10-8-14)22-19(23)17-11-15-5-3-4-6-18(15)27-21(17)25/h3-11,13H,12H2,1-2H3,(H,22,23). The van der Waals surface area contributed by atoms with Crippen LogP contribution in [0.4, 0.5) is 5.69 Å². The van der Waals surface area contributed by atoms with Gasteiger partial charge in [0.2, 0.25) is 0 Å². The molecule has 0 fully saturated rings. The van der Waals surface area contributed by atoms with Gasteiger partial charge in [0.25, 0.3) is 5.91 Å². The third-order valence-corrected chi connectivity index (χ3v) is 3.81. The number of fused-ring (bicyclic) bond motifs is 1. The van der Waals surface area contributed by atoms with E-state index in [-0.39, 0.29) is 11.5 Å². The van der Waals surface area contributed by atoms with Crippen molar-refractivity contribution in [1.29, 1.82) is 0 Å². The van der Waals surface area contributed by atoms with E-state index < -0.39 is 17.5 Å². The van der Waals surface area contributed by atoms with E-state index in [1.54, 1.807) is 48.5 Å². The van der Waals surface area contributed by atoms with E-state index in [0.29, 0.717) is 28.8 Å². The largest absolute Gasteiger partial charge is 0.462 e. The molecule has 3 rings (SSSR count). The highest BCUT2D eigenvalue weighted by Gasteiger charge is 2.14. The van der Waals surface area contributed by atoms with E-state index in [1.807, 2.05) is 13.8 Å². The highest BCUT2D eigenvalue weighted by molar-refractivity contribution is 6.05. The molecule has 6 heteroatoms. The number of amides is 1. The van der Waals surface area contributed by atoms with E-state index in [0.717, 1.165) is 0 Å². The Bertz CT molecular complexity index is 1030. The molecule has 27 heavy (non-hydrogen) atoms. The summed E-state index contributed by atoms with van der Waals surface area (Å²) in [6.07, 6.45) is 0. The highest BCUT2D eigenvalue weighted by Crippen LogP contribution is 2.15. The van der Waals surface area contributed by atoms with E-state index in [9.17, 15) is 14.4 Å². The number of esters is 1. The zero-order chi connectivity index (χ0) is 19.4. The molecule has 0 atom stereocenters. The molecule has 1 heterocycles. The smallest absolute Gasteiger partial charge is 0.349 e. The number of para-hydroxylation sites is 1. The topological polar surface area (TPSA) is 85.6 Å². The molecule has 138 valence electrons. The van der Waals surface area contributed by atoms with Gasteiger partial charge in [0.15, 0.2) is 0 Å². The van der Waals surface area contributed by atoms with Crippen molar-refractivity contribution in [3.05, 3.63) is 76.1 Å². The van der Waals surface area contributed by atoms with Crippen molar-refractivity contribution in [2.24, 2.45) is 5.92 Å². The van der Waals surface area contributed by atoms with E-state index in [1.165, 1.54) is 6.07 Å². The quantitative estimate of drug-likeness (QED) is 0.548. The predicted molar refractivity (Wildman–Crippen MR) is 102 cm³/mol. The molecule has 0 aliphatic heterocycles. The van der Waals surface area contributed by atoms with Crippen molar-refractivity contribution in [2.75, 3.05) is 11.9 Å². The predicted octanol–water partition coefficient (Wildman–Crippen LogP) is 3.86. The van der Waals surface area contributed by atoms with Crippen molar-refractivity contribution >= 4 is 28.5 Å². The zero-order valence-electron chi connectivity index (χ0n) is 15.0. The summed E-state index contributed by atoms with van der Waals surface area (Å²) in [5.74, 6) is -0.748. The van der Waals surface area contributed by atoms with E-state index in [2.05, 4.69) is 5.32 Å². The van der Waals surface area contributed by atoms with Crippen LogP contribution in [0, 0.1) is 5.92 Å². The molecular formula is C21H19NO5. The van der Waals surface area contributed by atoms with Gasteiger partial charge in [-0.05, 0) is 42.3 Å². The van der Waals surface area contributed by atoms with Gasteiger partial charge >= 0.3 is 11.6 Å². The Morgan fingerprint density at radius 2 is 1.78 bits per heavy atom. The van der Waals surface area contributed by atoms with E-state index >= 15 is 0 Å². The van der Waals surface area contributed by atoms with Gasteiger partial charge in [-0.1, -0.05) is 32.0 Å². The second-order valence-electron chi connectivity index (χ2n) is 6.51. The minimum atomic E-state index is -0.708. The van der Waals surface area contributed by atoms with Crippen molar-refractivity contribution in [2.45, 2.75) is 13.8 Å². The maximum Gasteiger partial charge on any atom is 0.349 e. The van der Waals surface area contributed by atoms with Gasteiger partial charge in [0.05, 0.1) is 12.2 Å². The molecule has 6 nitrogen and oxygen atoms in total. The number of hydrogen-bond donors (Lipinski definition) is 1. The van der Waals surface area contributed by atoms with Gasteiger partial charge in [0, 0.05) is 11.1 Å².